The van der Waals surface area contributed by atoms with Crippen LogP contribution in [-0.2, 0) is 0 Å². The Balaban J connectivity index is 2.26. The van der Waals surface area contributed by atoms with Crippen molar-refractivity contribution in [1.29, 1.82) is 0 Å². The number of hydrogen-bond acceptors (Lipinski definition) is 1. The lowest BCUT2D eigenvalue weighted by molar-refractivity contribution is 0.223. The molecular weight excluding hydrogens is 208 g/mol. The third kappa shape index (κ3) is 1.62. The molecule has 0 spiro atoms. The summed E-state index contributed by atoms with van der Waals surface area (Å²) in [4.78, 5) is 0. The smallest absolute Gasteiger partial charge is 0.128 e. The van der Waals surface area contributed by atoms with E-state index in [9.17, 15) is 0 Å². The lowest BCUT2D eigenvalue weighted by atomic mass is 9.91. The lowest BCUT2D eigenvalue weighted by Gasteiger charge is -2.27. The summed E-state index contributed by atoms with van der Waals surface area (Å²) in [6.07, 6.45) is 0.138. The van der Waals surface area contributed by atoms with Crippen LogP contribution >= 0.6 is 0 Å². The second-order valence-corrected chi connectivity index (χ2v) is 4.85. The van der Waals surface area contributed by atoms with Crippen LogP contribution in [0.4, 0.5) is 0 Å². The van der Waals surface area contributed by atoms with Gasteiger partial charge in [0.15, 0.2) is 0 Å². The first-order chi connectivity index (χ1) is 8.15. The molecule has 0 bridgehead atoms. The molecule has 1 atom stereocenters. The van der Waals surface area contributed by atoms with Gasteiger partial charge in [-0.1, -0.05) is 35.9 Å². The Labute approximate surface area is 102 Å². The second-order valence-electron chi connectivity index (χ2n) is 4.85. The van der Waals surface area contributed by atoms with Gasteiger partial charge in [0.05, 0.1) is 0 Å². The van der Waals surface area contributed by atoms with Crippen LogP contribution in [-0.4, -0.2) is 0 Å². The van der Waals surface area contributed by atoms with Crippen molar-refractivity contribution in [3.63, 3.8) is 0 Å². The second kappa shape index (κ2) is 3.63. The normalized spacial score (nSPS) is 17.0. The van der Waals surface area contributed by atoms with Gasteiger partial charge in [-0.3, -0.25) is 0 Å². The fourth-order valence-electron chi connectivity index (χ4n) is 2.47. The Morgan fingerprint density at radius 3 is 2.29 bits per heavy atom. The van der Waals surface area contributed by atoms with Crippen molar-refractivity contribution in [1.82, 2.24) is 0 Å². The van der Waals surface area contributed by atoms with E-state index in [0.717, 1.165) is 5.75 Å². The standard InChI is InChI=1S/C16H16O/c1-10-4-6-13-14-7-5-11(2)9-16(14)17-12(3)15(13)8-10/h4-9,12H,1-3H3. The van der Waals surface area contributed by atoms with Crippen LogP contribution in [0.1, 0.15) is 29.7 Å². The van der Waals surface area contributed by atoms with E-state index in [4.69, 9.17) is 4.74 Å². The summed E-state index contributed by atoms with van der Waals surface area (Å²) in [6.45, 7) is 6.33. The molecule has 0 saturated carbocycles. The van der Waals surface area contributed by atoms with Gasteiger partial charge in [0.1, 0.15) is 11.9 Å². The minimum Gasteiger partial charge on any atom is -0.485 e. The maximum absolute atomic E-state index is 5.99. The molecule has 0 aromatic heterocycles. The summed E-state index contributed by atoms with van der Waals surface area (Å²) in [5.41, 5.74) is 6.34. The molecule has 0 N–H and O–H groups in total. The zero-order chi connectivity index (χ0) is 12.0. The first kappa shape index (κ1) is 10.4. The quantitative estimate of drug-likeness (QED) is 0.643. The molecule has 0 saturated heterocycles. The molecule has 2 aromatic rings. The summed E-state index contributed by atoms with van der Waals surface area (Å²) >= 11 is 0. The first-order valence-corrected chi connectivity index (χ1v) is 6.03. The van der Waals surface area contributed by atoms with Gasteiger partial charge in [-0.15, -0.1) is 0 Å². The van der Waals surface area contributed by atoms with Gasteiger partial charge in [0.25, 0.3) is 0 Å². The van der Waals surface area contributed by atoms with Crippen molar-refractivity contribution in [2.24, 2.45) is 0 Å². The Hall–Kier alpha value is -1.76. The summed E-state index contributed by atoms with van der Waals surface area (Å²) in [7, 11) is 0. The maximum atomic E-state index is 5.99. The van der Waals surface area contributed by atoms with Gasteiger partial charge in [-0.2, -0.15) is 0 Å². The summed E-state index contributed by atoms with van der Waals surface area (Å²) in [5.74, 6) is 1.01. The average Bonchev–Trinajstić information content (AvgIpc) is 2.29. The molecule has 1 heteroatoms. The molecule has 0 amide bonds. The molecule has 3 rings (SSSR count). The molecule has 1 heterocycles. The molecule has 1 unspecified atom stereocenters. The molecule has 86 valence electrons. The largest absolute Gasteiger partial charge is 0.485 e. The van der Waals surface area contributed by atoms with E-state index in [-0.39, 0.29) is 6.10 Å². The highest BCUT2D eigenvalue weighted by Gasteiger charge is 2.22. The number of rotatable bonds is 0. The monoisotopic (exact) mass is 224 g/mol. The predicted molar refractivity (Wildman–Crippen MR) is 70.4 cm³/mol. The molecule has 1 aliphatic rings. The van der Waals surface area contributed by atoms with E-state index in [2.05, 4.69) is 57.2 Å². The van der Waals surface area contributed by atoms with Crippen LogP contribution in [0.25, 0.3) is 11.1 Å². The Morgan fingerprint density at radius 2 is 1.53 bits per heavy atom. The van der Waals surface area contributed by atoms with Crippen molar-refractivity contribution in [3.05, 3.63) is 53.1 Å². The molecule has 0 fully saturated rings. The zero-order valence-corrected chi connectivity index (χ0v) is 10.4. The SMILES string of the molecule is Cc1ccc2c(c1)OC(C)c1cc(C)ccc1-2. The number of benzene rings is 2. The molecule has 2 aromatic carbocycles. The van der Waals surface area contributed by atoms with Crippen molar-refractivity contribution in [3.8, 4) is 16.9 Å². The van der Waals surface area contributed by atoms with Gasteiger partial charge >= 0.3 is 0 Å². The number of hydrogen-bond donors (Lipinski definition) is 0. The van der Waals surface area contributed by atoms with Gasteiger partial charge < -0.3 is 4.74 Å². The zero-order valence-electron chi connectivity index (χ0n) is 10.4. The van der Waals surface area contributed by atoms with E-state index in [1.165, 1.54) is 27.8 Å². The van der Waals surface area contributed by atoms with Crippen molar-refractivity contribution < 1.29 is 4.74 Å². The fourth-order valence-corrected chi connectivity index (χ4v) is 2.47. The van der Waals surface area contributed by atoms with Crippen LogP contribution in [0.15, 0.2) is 36.4 Å². The van der Waals surface area contributed by atoms with E-state index in [0.29, 0.717) is 0 Å². The average molecular weight is 224 g/mol. The predicted octanol–water partition coefficient (Wildman–Crippen LogP) is 4.42. The van der Waals surface area contributed by atoms with Crippen LogP contribution in [0, 0.1) is 13.8 Å². The van der Waals surface area contributed by atoms with E-state index in [1.807, 2.05) is 0 Å². The highest BCUT2D eigenvalue weighted by Crippen LogP contribution is 2.42. The Kier molecular flexibility index (Phi) is 2.22. The number of ether oxygens (including phenoxy) is 1. The summed E-state index contributed by atoms with van der Waals surface area (Å²) in [6, 6.07) is 13.0. The summed E-state index contributed by atoms with van der Waals surface area (Å²) in [5, 5.41) is 0. The van der Waals surface area contributed by atoms with Crippen LogP contribution < -0.4 is 4.74 Å². The van der Waals surface area contributed by atoms with Gasteiger partial charge in [0.2, 0.25) is 0 Å². The maximum Gasteiger partial charge on any atom is 0.128 e. The molecular formula is C16H16O. The minimum atomic E-state index is 0.138. The minimum absolute atomic E-state index is 0.138. The third-order valence-corrected chi connectivity index (χ3v) is 3.38. The molecule has 1 aliphatic heterocycles. The molecule has 17 heavy (non-hydrogen) atoms. The van der Waals surface area contributed by atoms with Crippen molar-refractivity contribution >= 4 is 0 Å². The highest BCUT2D eigenvalue weighted by molar-refractivity contribution is 5.76. The van der Waals surface area contributed by atoms with E-state index >= 15 is 0 Å². The Morgan fingerprint density at radius 1 is 0.882 bits per heavy atom. The molecule has 1 nitrogen and oxygen atoms in total. The van der Waals surface area contributed by atoms with Gasteiger partial charge in [0, 0.05) is 11.1 Å². The van der Waals surface area contributed by atoms with Crippen LogP contribution in [0.3, 0.4) is 0 Å². The molecule has 0 radical (unpaired) electrons. The van der Waals surface area contributed by atoms with Crippen molar-refractivity contribution in [2.75, 3.05) is 0 Å². The van der Waals surface area contributed by atoms with Crippen LogP contribution in [0.2, 0.25) is 0 Å². The molecule has 0 aliphatic carbocycles. The van der Waals surface area contributed by atoms with E-state index < -0.39 is 0 Å². The fraction of sp³-hybridized carbons (Fsp3) is 0.250. The lowest BCUT2D eigenvalue weighted by Crippen LogP contribution is -2.11. The highest BCUT2D eigenvalue weighted by atomic mass is 16.5. The first-order valence-electron chi connectivity index (χ1n) is 6.03. The van der Waals surface area contributed by atoms with Gasteiger partial charge in [-0.05, 0) is 38.0 Å². The summed E-state index contributed by atoms with van der Waals surface area (Å²) < 4.78 is 5.99. The van der Waals surface area contributed by atoms with E-state index in [1.54, 1.807) is 0 Å². The number of aryl methyl sites for hydroxylation is 2. The topological polar surface area (TPSA) is 9.23 Å². The number of fused-ring (bicyclic) bond motifs is 3. The van der Waals surface area contributed by atoms with Gasteiger partial charge in [-0.25, -0.2) is 0 Å². The third-order valence-electron chi connectivity index (χ3n) is 3.38. The van der Waals surface area contributed by atoms with Crippen molar-refractivity contribution in [2.45, 2.75) is 26.9 Å². The van der Waals surface area contributed by atoms with Crippen LogP contribution in [0.5, 0.6) is 5.75 Å². The Bertz CT molecular complexity index is 584.